The number of hydrogen-bond acceptors (Lipinski definition) is 7. The lowest BCUT2D eigenvalue weighted by Crippen LogP contribution is -2.37. The molecule has 2 atom stereocenters. The number of ether oxygens (including phenoxy) is 3. The summed E-state index contributed by atoms with van der Waals surface area (Å²) in [5.41, 5.74) is 1.39. The van der Waals surface area contributed by atoms with Gasteiger partial charge < -0.3 is 19.1 Å². The lowest BCUT2D eigenvalue weighted by atomic mass is 10.1. The minimum absolute atomic E-state index is 0.00277. The molecule has 0 N–H and O–H groups in total. The SMILES string of the molecule is COc1ccc(N2C(=NC(=O)Cc3ccc(OC)c(OC)c3)SC3CS(=O)(=O)CC32)cc1Cl. The van der Waals surface area contributed by atoms with Gasteiger partial charge in [0.2, 0.25) is 0 Å². The predicted octanol–water partition coefficient (Wildman–Crippen LogP) is 3.21. The average molecular weight is 511 g/mol. The van der Waals surface area contributed by atoms with E-state index in [0.29, 0.717) is 33.1 Å². The standard InChI is InChI=1S/C22H23ClN2O6S2/c1-29-17-7-5-14(10-15(17)23)25-16-11-33(27,28)12-20(16)32-22(25)24-21(26)9-13-4-6-18(30-2)19(8-13)31-3/h4-8,10,16,20H,9,11-12H2,1-3H3. The second kappa shape index (κ2) is 9.44. The molecule has 2 aromatic rings. The van der Waals surface area contributed by atoms with Gasteiger partial charge in [-0.25, -0.2) is 8.42 Å². The maximum absolute atomic E-state index is 12.8. The molecule has 33 heavy (non-hydrogen) atoms. The van der Waals surface area contributed by atoms with Gasteiger partial charge in [-0.15, -0.1) is 0 Å². The van der Waals surface area contributed by atoms with Crippen LogP contribution in [0.25, 0.3) is 0 Å². The van der Waals surface area contributed by atoms with Gasteiger partial charge in [0.05, 0.1) is 50.3 Å². The topological polar surface area (TPSA) is 94.5 Å². The van der Waals surface area contributed by atoms with Gasteiger partial charge in [-0.2, -0.15) is 4.99 Å². The Morgan fingerprint density at radius 2 is 1.76 bits per heavy atom. The van der Waals surface area contributed by atoms with Crippen LogP contribution >= 0.6 is 23.4 Å². The Kier molecular flexibility index (Phi) is 6.78. The summed E-state index contributed by atoms with van der Waals surface area (Å²) in [6.45, 7) is 0. The molecule has 2 aliphatic rings. The number of sulfone groups is 1. The zero-order valence-electron chi connectivity index (χ0n) is 18.3. The number of thioether (sulfide) groups is 1. The molecule has 1 amide bonds. The summed E-state index contributed by atoms with van der Waals surface area (Å²) in [6.07, 6.45) is 0.0647. The number of amides is 1. The van der Waals surface area contributed by atoms with Crippen LogP contribution in [0.15, 0.2) is 41.4 Å². The Morgan fingerprint density at radius 3 is 2.42 bits per heavy atom. The van der Waals surface area contributed by atoms with Crippen molar-refractivity contribution in [3.05, 3.63) is 47.0 Å². The molecular weight excluding hydrogens is 488 g/mol. The number of carbonyl (C=O) groups is 1. The number of aliphatic imine (C=N–C) groups is 1. The van der Waals surface area contributed by atoms with E-state index in [4.69, 9.17) is 25.8 Å². The maximum atomic E-state index is 12.8. The van der Waals surface area contributed by atoms with Crippen molar-refractivity contribution >= 4 is 50.0 Å². The van der Waals surface area contributed by atoms with Gasteiger partial charge >= 0.3 is 0 Å². The van der Waals surface area contributed by atoms with Crippen LogP contribution in [-0.2, 0) is 21.1 Å². The number of benzene rings is 2. The number of amidine groups is 1. The summed E-state index contributed by atoms with van der Waals surface area (Å²) in [5, 5.41) is 0.649. The first-order chi connectivity index (χ1) is 15.7. The largest absolute Gasteiger partial charge is 0.495 e. The molecule has 2 aliphatic heterocycles. The molecule has 0 aliphatic carbocycles. The fraction of sp³-hybridized carbons (Fsp3) is 0.364. The zero-order chi connectivity index (χ0) is 23.8. The molecule has 2 saturated heterocycles. The van der Waals surface area contributed by atoms with E-state index in [9.17, 15) is 13.2 Å². The number of hydrogen-bond donors (Lipinski definition) is 0. The third-order valence-electron chi connectivity index (χ3n) is 5.50. The van der Waals surface area contributed by atoms with E-state index >= 15 is 0 Å². The minimum Gasteiger partial charge on any atom is -0.495 e. The highest BCUT2D eigenvalue weighted by Gasteiger charge is 2.49. The summed E-state index contributed by atoms with van der Waals surface area (Å²) in [7, 11) is 1.43. The van der Waals surface area contributed by atoms with Crippen molar-refractivity contribution in [2.45, 2.75) is 17.7 Å². The van der Waals surface area contributed by atoms with Gasteiger partial charge in [0, 0.05) is 10.9 Å². The van der Waals surface area contributed by atoms with E-state index in [1.165, 1.54) is 26.0 Å². The lowest BCUT2D eigenvalue weighted by Gasteiger charge is -2.25. The molecule has 0 spiro atoms. The van der Waals surface area contributed by atoms with Crippen LogP contribution in [0.1, 0.15) is 5.56 Å². The predicted molar refractivity (Wildman–Crippen MR) is 130 cm³/mol. The van der Waals surface area contributed by atoms with Crippen LogP contribution in [0.5, 0.6) is 17.2 Å². The molecule has 176 valence electrons. The number of methoxy groups -OCH3 is 3. The first-order valence-corrected chi connectivity index (χ1v) is 13.1. The molecule has 4 rings (SSSR count). The van der Waals surface area contributed by atoms with Crippen LogP contribution in [0.2, 0.25) is 5.02 Å². The summed E-state index contributed by atoms with van der Waals surface area (Å²) >= 11 is 7.63. The number of halogens is 1. The summed E-state index contributed by atoms with van der Waals surface area (Å²) in [6, 6.07) is 10.1. The van der Waals surface area contributed by atoms with Crippen LogP contribution in [0, 0.1) is 0 Å². The van der Waals surface area contributed by atoms with Crippen LogP contribution in [0.3, 0.4) is 0 Å². The molecule has 2 heterocycles. The number of rotatable bonds is 6. The van der Waals surface area contributed by atoms with Gasteiger partial charge in [0.25, 0.3) is 5.91 Å². The Labute approximate surface area is 201 Å². The monoisotopic (exact) mass is 510 g/mol. The van der Waals surface area contributed by atoms with Crippen molar-refractivity contribution in [1.82, 2.24) is 0 Å². The molecule has 2 fully saturated rings. The number of anilines is 1. The van der Waals surface area contributed by atoms with Gasteiger partial charge in [0.1, 0.15) is 5.75 Å². The van der Waals surface area contributed by atoms with Gasteiger partial charge in [0.15, 0.2) is 26.5 Å². The highest BCUT2D eigenvalue weighted by Crippen LogP contribution is 2.42. The van der Waals surface area contributed by atoms with E-state index in [0.717, 1.165) is 5.56 Å². The second-order valence-corrected chi connectivity index (χ2v) is 11.4. The van der Waals surface area contributed by atoms with Crippen molar-refractivity contribution in [2.75, 3.05) is 37.7 Å². The average Bonchev–Trinajstić information content (AvgIpc) is 3.23. The van der Waals surface area contributed by atoms with Gasteiger partial charge in [-0.1, -0.05) is 29.4 Å². The second-order valence-electron chi connectivity index (χ2n) is 7.64. The Balaban J connectivity index is 1.63. The molecule has 0 aromatic heterocycles. The zero-order valence-corrected chi connectivity index (χ0v) is 20.7. The van der Waals surface area contributed by atoms with Crippen molar-refractivity contribution < 1.29 is 27.4 Å². The maximum Gasteiger partial charge on any atom is 0.252 e. The number of carbonyl (C=O) groups excluding carboxylic acids is 1. The van der Waals surface area contributed by atoms with Crippen molar-refractivity contribution in [3.8, 4) is 17.2 Å². The van der Waals surface area contributed by atoms with Gasteiger partial charge in [-0.05, 0) is 35.9 Å². The number of fused-ring (bicyclic) bond motifs is 1. The Hall–Kier alpha value is -2.43. The quantitative estimate of drug-likeness (QED) is 0.584. The Bertz CT molecular complexity index is 1220. The minimum atomic E-state index is -3.17. The first-order valence-electron chi connectivity index (χ1n) is 10.1. The van der Waals surface area contributed by atoms with Crippen LogP contribution in [-0.4, -0.2) is 63.6 Å². The van der Waals surface area contributed by atoms with Crippen molar-refractivity contribution in [3.63, 3.8) is 0 Å². The summed E-state index contributed by atoms with van der Waals surface area (Å²) in [5.74, 6) is 1.30. The molecule has 8 nitrogen and oxygen atoms in total. The molecular formula is C22H23ClN2O6S2. The molecule has 2 unspecified atom stereocenters. The van der Waals surface area contributed by atoms with E-state index < -0.39 is 9.84 Å². The molecule has 0 saturated carbocycles. The normalized spacial score (nSPS) is 22.3. The third-order valence-corrected chi connectivity index (χ3v) is 9.01. The smallest absolute Gasteiger partial charge is 0.252 e. The molecule has 0 bridgehead atoms. The highest BCUT2D eigenvalue weighted by molar-refractivity contribution is 8.16. The molecule has 2 aromatic carbocycles. The van der Waals surface area contributed by atoms with Crippen molar-refractivity contribution in [1.29, 1.82) is 0 Å². The molecule has 11 heteroatoms. The van der Waals surface area contributed by atoms with E-state index in [-0.39, 0.29) is 35.1 Å². The van der Waals surface area contributed by atoms with Crippen LogP contribution < -0.4 is 19.1 Å². The summed E-state index contributed by atoms with van der Waals surface area (Å²) < 4.78 is 40.3. The van der Waals surface area contributed by atoms with E-state index in [1.54, 1.807) is 48.4 Å². The van der Waals surface area contributed by atoms with E-state index in [2.05, 4.69) is 4.99 Å². The fourth-order valence-electron chi connectivity index (χ4n) is 3.98. The lowest BCUT2D eigenvalue weighted by molar-refractivity contribution is -0.117. The van der Waals surface area contributed by atoms with E-state index in [1.807, 2.05) is 0 Å². The Morgan fingerprint density at radius 1 is 1.06 bits per heavy atom. The van der Waals surface area contributed by atoms with Gasteiger partial charge in [-0.3, -0.25) is 4.79 Å². The summed E-state index contributed by atoms with van der Waals surface area (Å²) in [4.78, 5) is 19.0. The molecule has 0 radical (unpaired) electrons. The highest BCUT2D eigenvalue weighted by atomic mass is 35.5. The third kappa shape index (κ3) is 4.92. The fourth-order valence-corrected chi connectivity index (χ4v) is 8.17. The number of nitrogens with zero attached hydrogens (tertiary/aromatic N) is 2. The van der Waals surface area contributed by atoms with Crippen molar-refractivity contribution in [2.24, 2.45) is 4.99 Å². The van der Waals surface area contributed by atoms with Crippen LogP contribution in [0.4, 0.5) is 5.69 Å². The first kappa shape index (κ1) is 23.7.